The molecule has 0 aliphatic heterocycles. The number of aldehydes is 1. The molecule has 0 bridgehead atoms. The van der Waals surface area contributed by atoms with Crippen LogP contribution in [0.1, 0.15) is 21.7 Å². The van der Waals surface area contributed by atoms with Crippen molar-refractivity contribution in [2.24, 2.45) is 0 Å². The van der Waals surface area contributed by atoms with Crippen LogP contribution in [0.2, 0.25) is 0 Å². The highest BCUT2D eigenvalue weighted by atomic mass is 16.1. The quantitative estimate of drug-likeness (QED) is 0.757. The Labute approximate surface area is 88.1 Å². The van der Waals surface area contributed by atoms with Crippen molar-refractivity contribution in [1.29, 1.82) is 0 Å². The molecule has 0 fully saturated rings. The number of aromatic nitrogens is 2. The number of aryl methyl sites for hydroxylation is 2. The summed E-state index contributed by atoms with van der Waals surface area (Å²) < 4.78 is 0. The van der Waals surface area contributed by atoms with Crippen LogP contribution >= 0.6 is 0 Å². The molecule has 76 valence electrons. The fourth-order valence-electron chi connectivity index (χ4n) is 1.74. The van der Waals surface area contributed by atoms with Crippen molar-refractivity contribution in [2.75, 3.05) is 0 Å². The van der Waals surface area contributed by atoms with Crippen molar-refractivity contribution in [3.05, 3.63) is 41.2 Å². The first-order valence-electron chi connectivity index (χ1n) is 4.79. The maximum atomic E-state index is 10.7. The van der Waals surface area contributed by atoms with E-state index in [-0.39, 0.29) is 0 Å². The molecule has 0 spiro atoms. The van der Waals surface area contributed by atoms with E-state index in [0.29, 0.717) is 5.56 Å². The van der Waals surface area contributed by atoms with Gasteiger partial charge in [-0.2, -0.15) is 5.10 Å². The minimum atomic E-state index is 0.688. The van der Waals surface area contributed by atoms with Crippen molar-refractivity contribution in [1.82, 2.24) is 10.2 Å². The summed E-state index contributed by atoms with van der Waals surface area (Å²) in [5.74, 6) is 0. The van der Waals surface area contributed by atoms with Gasteiger partial charge in [-0.3, -0.25) is 9.89 Å². The molecule has 0 atom stereocenters. The van der Waals surface area contributed by atoms with Gasteiger partial charge in [-0.05, 0) is 25.5 Å². The molecule has 2 rings (SSSR count). The van der Waals surface area contributed by atoms with Crippen LogP contribution in [-0.2, 0) is 0 Å². The highest BCUT2D eigenvalue weighted by Crippen LogP contribution is 2.25. The van der Waals surface area contributed by atoms with E-state index in [1.807, 2.05) is 32.0 Å². The lowest BCUT2D eigenvalue weighted by Crippen LogP contribution is -1.85. The molecule has 1 aromatic heterocycles. The smallest absolute Gasteiger partial charge is 0.150 e. The lowest BCUT2D eigenvalue weighted by atomic mass is 10.0. The van der Waals surface area contributed by atoms with Gasteiger partial charge in [0, 0.05) is 16.8 Å². The van der Waals surface area contributed by atoms with Gasteiger partial charge in [0.15, 0.2) is 0 Å². The van der Waals surface area contributed by atoms with Crippen LogP contribution in [0.3, 0.4) is 0 Å². The van der Waals surface area contributed by atoms with Crippen LogP contribution < -0.4 is 0 Å². The van der Waals surface area contributed by atoms with Crippen molar-refractivity contribution in [2.45, 2.75) is 13.8 Å². The maximum Gasteiger partial charge on any atom is 0.150 e. The van der Waals surface area contributed by atoms with E-state index in [4.69, 9.17) is 0 Å². The first-order chi connectivity index (χ1) is 7.22. The highest BCUT2D eigenvalue weighted by molar-refractivity contribution is 5.79. The molecule has 3 nitrogen and oxygen atoms in total. The molecular formula is C12H12N2O. The summed E-state index contributed by atoms with van der Waals surface area (Å²) in [6.45, 7) is 3.93. The molecule has 2 aromatic rings. The van der Waals surface area contributed by atoms with E-state index in [9.17, 15) is 4.79 Å². The van der Waals surface area contributed by atoms with E-state index < -0.39 is 0 Å². The van der Waals surface area contributed by atoms with Gasteiger partial charge in [0.05, 0.1) is 5.69 Å². The number of hydrogen-bond donors (Lipinski definition) is 1. The van der Waals surface area contributed by atoms with Crippen LogP contribution in [0.25, 0.3) is 11.1 Å². The van der Waals surface area contributed by atoms with Crippen molar-refractivity contribution in [3.8, 4) is 11.1 Å². The third-order valence-electron chi connectivity index (χ3n) is 2.44. The summed E-state index contributed by atoms with van der Waals surface area (Å²) in [7, 11) is 0. The average Bonchev–Trinajstić information content (AvgIpc) is 2.59. The molecule has 0 aliphatic rings. The van der Waals surface area contributed by atoms with Crippen molar-refractivity contribution >= 4 is 6.29 Å². The number of aromatic amines is 1. The lowest BCUT2D eigenvalue weighted by molar-refractivity contribution is 0.112. The Kier molecular flexibility index (Phi) is 2.37. The van der Waals surface area contributed by atoms with Gasteiger partial charge in [0.2, 0.25) is 0 Å². The summed E-state index contributed by atoms with van der Waals surface area (Å²) >= 11 is 0. The topological polar surface area (TPSA) is 45.8 Å². The van der Waals surface area contributed by atoms with E-state index in [1.54, 1.807) is 6.07 Å². The first kappa shape index (κ1) is 9.65. The van der Waals surface area contributed by atoms with Gasteiger partial charge in [-0.15, -0.1) is 0 Å². The summed E-state index contributed by atoms with van der Waals surface area (Å²) in [6.07, 6.45) is 0.855. The normalized spacial score (nSPS) is 10.3. The number of nitrogens with zero attached hydrogens (tertiary/aromatic N) is 1. The highest BCUT2D eigenvalue weighted by Gasteiger charge is 2.08. The monoisotopic (exact) mass is 200 g/mol. The van der Waals surface area contributed by atoms with Crippen LogP contribution in [0.4, 0.5) is 0 Å². The number of H-pyrrole nitrogens is 1. The Hall–Kier alpha value is -1.90. The van der Waals surface area contributed by atoms with Crippen LogP contribution in [0.15, 0.2) is 24.3 Å². The molecule has 0 unspecified atom stereocenters. The molecule has 15 heavy (non-hydrogen) atoms. The summed E-state index contributed by atoms with van der Waals surface area (Å²) in [5, 5.41) is 7.07. The molecule has 1 aromatic carbocycles. The summed E-state index contributed by atoms with van der Waals surface area (Å²) in [4.78, 5) is 10.7. The first-order valence-corrected chi connectivity index (χ1v) is 4.79. The number of nitrogens with one attached hydrogen (secondary N) is 1. The number of carbonyl (C=O) groups is 1. The molecule has 0 saturated carbocycles. The van der Waals surface area contributed by atoms with Crippen LogP contribution in [0.5, 0.6) is 0 Å². The van der Waals surface area contributed by atoms with Crippen molar-refractivity contribution < 1.29 is 4.79 Å². The largest absolute Gasteiger partial charge is 0.298 e. The SMILES string of the molecule is Cc1n[nH]c(C)c1-c1cccc(C=O)c1. The average molecular weight is 200 g/mol. The zero-order valence-electron chi connectivity index (χ0n) is 8.74. The third-order valence-corrected chi connectivity index (χ3v) is 2.44. The second kappa shape index (κ2) is 3.69. The fourth-order valence-corrected chi connectivity index (χ4v) is 1.74. The lowest BCUT2D eigenvalue weighted by Gasteiger charge is -2.01. The van der Waals surface area contributed by atoms with E-state index >= 15 is 0 Å². The van der Waals surface area contributed by atoms with E-state index in [0.717, 1.165) is 28.8 Å². The van der Waals surface area contributed by atoms with E-state index in [2.05, 4.69) is 10.2 Å². The number of benzene rings is 1. The molecule has 1 N–H and O–H groups in total. The molecule has 0 amide bonds. The Balaban J connectivity index is 2.58. The minimum absolute atomic E-state index is 0.688. The van der Waals surface area contributed by atoms with Crippen LogP contribution in [-0.4, -0.2) is 16.5 Å². The van der Waals surface area contributed by atoms with Gasteiger partial charge >= 0.3 is 0 Å². The number of rotatable bonds is 2. The van der Waals surface area contributed by atoms with Gasteiger partial charge in [-0.25, -0.2) is 0 Å². The van der Waals surface area contributed by atoms with E-state index in [1.165, 1.54) is 0 Å². The number of hydrogen-bond acceptors (Lipinski definition) is 2. The Bertz CT molecular complexity index is 481. The summed E-state index contributed by atoms with van der Waals surface area (Å²) in [5.41, 5.74) is 4.78. The van der Waals surface area contributed by atoms with Gasteiger partial charge in [0.25, 0.3) is 0 Å². The number of carbonyl (C=O) groups excluding carboxylic acids is 1. The molecular weight excluding hydrogens is 188 g/mol. The van der Waals surface area contributed by atoms with Gasteiger partial charge in [0.1, 0.15) is 6.29 Å². The maximum absolute atomic E-state index is 10.7. The zero-order chi connectivity index (χ0) is 10.8. The Morgan fingerprint density at radius 3 is 2.73 bits per heavy atom. The van der Waals surface area contributed by atoms with Gasteiger partial charge in [-0.1, -0.05) is 18.2 Å². The zero-order valence-corrected chi connectivity index (χ0v) is 8.74. The van der Waals surface area contributed by atoms with Gasteiger partial charge < -0.3 is 0 Å². The Morgan fingerprint density at radius 1 is 1.33 bits per heavy atom. The molecule has 0 saturated heterocycles. The molecule has 0 radical (unpaired) electrons. The predicted octanol–water partition coefficient (Wildman–Crippen LogP) is 2.51. The predicted molar refractivity (Wildman–Crippen MR) is 58.9 cm³/mol. The minimum Gasteiger partial charge on any atom is -0.298 e. The molecule has 1 heterocycles. The molecule has 3 heteroatoms. The van der Waals surface area contributed by atoms with Crippen molar-refractivity contribution in [3.63, 3.8) is 0 Å². The van der Waals surface area contributed by atoms with Crippen LogP contribution in [0, 0.1) is 13.8 Å². The third kappa shape index (κ3) is 1.68. The summed E-state index contributed by atoms with van der Waals surface area (Å²) in [6, 6.07) is 7.53. The second-order valence-corrected chi connectivity index (χ2v) is 3.55. The second-order valence-electron chi connectivity index (χ2n) is 3.55. The molecule has 0 aliphatic carbocycles. The Morgan fingerprint density at radius 2 is 2.13 bits per heavy atom. The standard InChI is InChI=1S/C12H12N2O/c1-8-12(9(2)14-13-8)11-5-3-4-10(6-11)7-15/h3-7H,1-2H3,(H,13,14). The fraction of sp³-hybridized carbons (Fsp3) is 0.167.